The zero-order valence-corrected chi connectivity index (χ0v) is 16.9. The first-order chi connectivity index (χ1) is 12.9. The molecule has 1 aliphatic rings. The van der Waals surface area contributed by atoms with Crippen LogP contribution >= 0.6 is 11.3 Å². The first-order valence-electron chi connectivity index (χ1n) is 8.91. The molecule has 2 N–H and O–H groups in total. The maximum atomic E-state index is 12.6. The van der Waals surface area contributed by atoms with Crippen molar-refractivity contribution < 1.29 is 13.2 Å². The summed E-state index contributed by atoms with van der Waals surface area (Å²) in [5.74, 6) is 0.236. The highest BCUT2D eigenvalue weighted by atomic mass is 32.2. The van der Waals surface area contributed by atoms with Crippen LogP contribution in [-0.2, 0) is 10.0 Å². The predicted octanol–water partition coefficient (Wildman–Crippen LogP) is 4.09. The van der Waals surface area contributed by atoms with E-state index in [0.29, 0.717) is 11.8 Å². The van der Waals surface area contributed by atoms with E-state index >= 15 is 0 Å². The fourth-order valence-corrected chi connectivity index (χ4v) is 5.36. The number of hydrogen-bond donors (Lipinski definition) is 2. The fraction of sp³-hybridized carbons (Fsp3) is 0.368. The lowest BCUT2D eigenvalue weighted by Crippen LogP contribution is -2.29. The molecule has 1 heterocycles. The predicted molar refractivity (Wildman–Crippen MR) is 109 cm³/mol. The standard InChI is InChI=1S/C19H23N3O3S2/c1-13-7-5-8-14(2)18(13)20-21-19(23)15-9-3-4-10-16(15)22-27(24,25)17-11-6-12-26-17/h3-4,6,9-14,22H,5,7-8H2,1-2H3,(H,21,23)/t13-,14+. The number of nitrogens with one attached hydrogen (secondary N) is 2. The van der Waals surface area contributed by atoms with Crippen molar-refractivity contribution in [1.82, 2.24) is 5.43 Å². The Morgan fingerprint density at radius 2 is 1.81 bits per heavy atom. The smallest absolute Gasteiger partial charge is 0.273 e. The molecule has 3 rings (SSSR count). The molecule has 0 bridgehead atoms. The Balaban J connectivity index is 1.80. The molecule has 27 heavy (non-hydrogen) atoms. The van der Waals surface area contributed by atoms with Gasteiger partial charge in [-0.2, -0.15) is 5.10 Å². The van der Waals surface area contributed by atoms with E-state index in [-0.39, 0.29) is 15.5 Å². The summed E-state index contributed by atoms with van der Waals surface area (Å²) in [6.45, 7) is 4.23. The quantitative estimate of drug-likeness (QED) is 0.735. The van der Waals surface area contributed by atoms with Crippen LogP contribution in [0.2, 0.25) is 0 Å². The Hall–Kier alpha value is -2.19. The van der Waals surface area contributed by atoms with Gasteiger partial charge >= 0.3 is 0 Å². The molecule has 1 fully saturated rings. The molecule has 0 spiro atoms. The first kappa shape index (κ1) is 19.6. The maximum absolute atomic E-state index is 12.6. The Kier molecular flexibility index (Phi) is 5.96. The molecule has 1 aromatic heterocycles. The van der Waals surface area contributed by atoms with Gasteiger partial charge in [-0.05, 0) is 48.3 Å². The van der Waals surface area contributed by atoms with Crippen molar-refractivity contribution in [1.29, 1.82) is 0 Å². The summed E-state index contributed by atoms with van der Waals surface area (Å²) in [5.41, 5.74) is 4.06. The van der Waals surface area contributed by atoms with Gasteiger partial charge in [0.05, 0.1) is 11.3 Å². The normalized spacial score (nSPS) is 21.8. The third-order valence-corrected chi connectivity index (χ3v) is 7.51. The lowest BCUT2D eigenvalue weighted by molar-refractivity contribution is 0.0955. The van der Waals surface area contributed by atoms with Gasteiger partial charge < -0.3 is 0 Å². The lowest BCUT2D eigenvalue weighted by Gasteiger charge is -2.26. The summed E-state index contributed by atoms with van der Waals surface area (Å²) >= 11 is 1.12. The number of para-hydroxylation sites is 1. The maximum Gasteiger partial charge on any atom is 0.273 e. The molecule has 1 amide bonds. The minimum absolute atomic E-state index is 0.197. The number of sulfonamides is 1. The minimum Gasteiger partial charge on any atom is -0.278 e. The summed E-state index contributed by atoms with van der Waals surface area (Å²) in [6, 6.07) is 9.71. The van der Waals surface area contributed by atoms with Gasteiger partial charge in [0.25, 0.3) is 15.9 Å². The summed E-state index contributed by atoms with van der Waals surface area (Å²) in [6.07, 6.45) is 3.30. The monoisotopic (exact) mass is 405 g/mol. The van der Waals surface area contributed by atoms with Crippen LogP contribution in [-0.4, -0.2) is 20.0 Å². The average Bonchev–Trinajstić information content (AvgIpc) is 3.17. The van der Waals surface area contributed by atoms with Gasteiger partial charge in [-0.15, -0.1) is 11.3 Å². The minimum atomic E-state index is -3.73. The van der Waals surface area contributed by atoms with Gasteiger partial charge in [-0.3, -0.25) is 9.52 Å². The molecule has 8 heteroatoms. The SMILES string of the molecule is C[C@@H]1CCC[C@H](C)C1=NNC(=O)c1ccccc1NS(=O)(=O)c1cccs1. The second kappa shape index (κ2) is 8.22. The Bertz CT molecular complexity index is 925. The Morgan fingerprint density at radius 3 is 2.48 bits per heavy atom. The number of carbonyl (C=O) groups excluding carboxylic acids is 1. The van der Waals surface area contributed by atoms with E-state index in [1.54, 1.807) is 35.7 Å². The summed E-state index contributed by atoms with van der Waals surface area (Å²) in [5, 5.41) is 6.04. The lowest BCUT2D eigenvalue weighted by atomic mass is 9.81. The number of hydrogen-bond acceptors (Lipinski definition) is 5. The number of nitrogens with zero attached hydrogens (tertiary/aromatic N) is 1. The van der Waals surface area contributed by atoms with Gasteiger partial charge in [0.15, 0.2) is 0 Å². The van der Waals surface area contributed by atoms with Crippen molar-refractivity contribution in [2.45, 2.75) is 37.3 Å². The van der Waals surface area contributed by atoms with Gasteiger partial charge in [0.2, 0.25) is 0 Å². The van der Waals surface area contributed by atoms with Gasteiger partial charge in [0.1, 0.15) is 4.21 Å². The van der Waals surface area contributed by atoms with E-state index in [4.69, 9.17) is 0 Å². The molecular weight excluding hydrogens is 382 g/mol. The van der Waals surface area contributed by atoms with Gasteiger partial charge in [0, 0.05) is 5.71 Å². The second-order valence-corrected chi connectivity index (χ2v) is 9.65. The zero-order valence-electron chi connectivity index (χ0n) is 15.3. The zero-order chi connectivity index (χ0) is 19.4. The summed E-state index contributed by atoms with van der Waals surface area (Å²) in [7, 11) is -3.73. The highest BCUT2D eigenvalue weighted by molar-refractivity contribution is 7.94. The van der Waals surface area contributed by atoms with Crippen molar-refractivity contribution in [2.24, 2.45) is 16.9 Å². The average molecular weight is 406 g/mol. The van der Waals surface area contributed by atoms with Crippen LogP contribution in [0.25, 0.3) is 0 Å². The Morgan fingerprint density at radius 1 is 1.11 bits per heavy atom. The van der Waals surface area contributed by atoms with Crippen molar-refractivity contribution in [3.05, 3.63) is 47.3 Å². The first-order valence-corrected chi connectivity index (χ1v) is 11.3. The molecule has 2 atom stereocenters. The fourth-order valence-electron chi connectivity index (χ4n) is 3.29. The van der Waals surface area contributed by atoms with E-state index in [0.717, 1.165) is 29.9 Å². The topological polar surface area (TPSA) is 87.6 Å². The van der Waals surface area contributed by atoms with Crippen LogP contribution < -0.4 is 10.1 Å². The molecule has 0 saturated heterocycles. The van der Waals surface area contributed by atoms with Gasteiger partial charge in [-0.1, -0.05) is 38.5 Å². The van der Waals surface area contributed by atoms with Gasteiger partial charge in [-0.25, -0.2) is 13.8 Å². The van der Waals surface area contributed by atoms with Crippen LogP contribution in [0.3, 0.4) is 0 Å². The number of benzene rings is 1. The molecule has 1 aliphatic carbocycles. The van der Waals surface area contributed by atoms with E-state index in [1.165, 1.54) is 12.5 Å². The molecule has 0 radical (unpaired) electrons. The van der Waals surface area contributed by atoms with Crippen molar-refractivity contribution in [2.75, 3.05) is 4.72 Å². The van der Waals surface area contributed by atoms with Crippen LogP contribution in [0.5, 0.6) is 0 Å². The van der Waals surface area contributed by atoms with E-state index in [1.807, 2.05) is 0 Å². The molecule has 6 nitrogen and oxygen atoms in total. The molecule has 0 aliphatic heterocycles. The molecule has 2 aromatic rings. The molecule has 0 unspecified atom stereocenters. The number of carbonyl (C=O) groups is 1. The number of rotatable bonds is 5. The van der Waals surface area contributed by atoms with E-state index in [9.17, 15) is 13.2 Å². The molecule has 144 valence electrons. The van der Waals surface area contributed by atoms with Crippen LogP contribution in [0.15, 0.2) is 51.1 Å². The van der Waals surface area contributed by atoms with Crippen molar-refractivity contribution in [3.63, 3.8) is 0 Å². The highest BCUT2D eigenvalue weighted by Gasteiger charge is 2.24. The van der Waals surface area contributed by atoms with E-state index < -0.39 is 15.9 Å². The van der Waals surface area contributed by atoms with Crippen molar-refractivity contribution >= 4 is 38.7 Å². The molecule has 1 saturated carbocycles. The van der Waals surface area contributed by atoms with Crippen molar-refractivity contribution in [3.8, 4) is 0 Å². The Labute approximate surface area is 163 Å². The van der Waals surface area contributed by atoms with Crippen LogP contribution in [0.4, 0.5) is 5.69 Å². The summed E-state index contributed by atoms with van der Waals surface area (Å²) < 4.78 is 27.6. The second-order valence-electron chi connectivity index (χ2n) is 6.79. The number of thiophene rings is 1. The third-order valence-electron chi connectivity index (χ3n) is 4.75. The number of anilines is 1. The summed E-state index contributed by atoms with van der Waals surface area (Å²) in [4.78, 5) is 12.6. The van der Waals surface area contributed by atoms with Crippen LogP contribution in [0, 0.1) is 11.8 Å². The number of amides is 1. The molecule has 1 aromatic carbocycles. The van der Waals surface area contributed by atoms with Crippen LogP contribution in [0.1, 0.15) is 43.5 Å². The molecular formula is C19H23N3O3S2. The number of hydrazone groups is 1. The van der Waals surface area contributed by atoms with E-state index in [2.05, 4.69) is 29.1 Å². The largest absolute Gasteiger partial charge is 0.278 e. The third kappa shape index (κ3) is 4.56. The highest BCUT2D eigenvalue weighted by Crippen LogP contribution is 2.26.